The number of esters is 1. The maximum Gasteiger partial charge on any atom is 0.343 e. The lowest BCUT2D eigenvalue weighted by Crippen LogP contribution is -2.36. The molecule has 0 aliphatic heterocycles. The van der Waals surface area contributed by atoms with Crippen LogP contribution in [0.5, 0.6) is 5.75 Å². The molecule has 0 aromatic heterocycles. The van der Waals surface area contributed by atoms with Gasteiger partial charge in [0.1, 0.15) is 11.3 Å². The molecule has 0 saturated carbocycles. The first-order valence-corrected chi connectivity index (χ1v) is 7.90. The summed E-state index contributed by atoms with van der Waals surface area (Å²) in [6.07, 6.45) is -0.336. The number of para-hydroxylation sites is 1. The van der Waals surface area contributed by atoms with E-state index in [1.54, 1.807) is 18.2 Å². The summed E-state index contributed by atoms with van der Waals surface area (Å²) >= 11 is 0. The Kier molecular flexibility index (Phi) is 5.77. The lowest BCUT2D eigenvalue weighted by Gasteiger charge is -2.26. The third-order valence-electron chi connectivity index (χ3n) is 3.94. The molecule has 0 fully saturated rings. The molecule has 0 spiro atoms. The minimum atomic E-state index is -0.514. The van der Waals surface area contributed by atoms with E-state index < -0.39 is 5.97 Å². The van der Waals surface area contributed by atoms with Gasteiger partial charge in [-0.3, -0.25) is 4.90 Å². The Balaban J connectivity index is 2.25. The van der Waals surface area contributed by atoms with Gasteiger partial charge in [0.2, 0.25) is 0 Å². The van der Waals surface area contributed by atoms with Crippen LogP contribution >= 0.6 is 0 Å². The molecule has 2 aromatic carbocycles. The summed E-state index contributed by atoms with van der Waals surface area (Å²) in [6.45, 7) is 7.45. The highest BCUT2D eigenvalue weighted by molar-refractivity contribution is 5.95. The second kappa shape index (κ2) is 7.79. The minimum absolute atomic E-state index is 0.0459. The van der Waals surface area contributed by atoms with Crippen LogP contribution in [0.25, 0.3) is 11.1 Å². The molecule has 0 amide bonds. The van der Waals surface area contributed by atoms with Crippen molar-refractivity contribution in [3.8, 4) is 16.9 Å². The van der Waals surface area contributed by atoms with E-state index in [2.05, 4.69) is 0 Å². The monoisotopic (exact) mass is 313 g/mol. The number of benzene rings is 2. The molecule has 1 N–H and O–H groups in total. The number of phenols is 1. The molecule has 2 rings (SSSR count). The maximum atomic E-state index is 12.4. The van der Waals surface area contributed by atoms with Crippen LogP contribution in [0, 0.1) is 0 Å². The molecule has 0 saturated heterocycles. The third-order valence-corrected chi connectivity index (χ3v) is 3.94. The van der Waals surface area contributed by atoms with Crippen molar-refractivity contribution < 1.29 is 14.6 Å². The normalized spacial score (nSPS) is 12.2. The zero-order valence-electron chi connectivity index (χ0n) is 13.8. The van der Waals surface area contributed by atoms with E-state index in [0.29, 0.717) is 5.56 Å². The van der Waals surface area contributed by atoms with Crippen molar-refractivity contribution in [2.75, 3.05) is 13.1 Å². The number of hydrogen-bond donors (Lipinski definition) is 1. The molecule has 23 heavy (non-hydrogen) atoms. The number of carbonyl (C=O) groups is 1. The van der Waals surface area contributed by atoms with Gasteiger partial charge in [-0.1, -0.05) is 56.3 Å². The van der Waals surface area contributed by atoms with Crippen LogP contribution in [0.2, 0.25) is 0 Å². The summed E-state index contributed by atoms with van der Waals surface area (Å²) < 4.78 is 5.48. The van der Waals surface area contributed by atoms with E-state index in [1.165, 1.54) is 0 Å². The van der Waals surface area contributed by atoms with Gasteiger partial charge >= 0.3 is 5.97 Å². The highest BCUT2D eigenvalue weighted by Gasteiger charge is 2.20. The molecule has 122 valence electrons. The Hall–Kier alpha value is -2.33. The molecular formula is C19H23NO3. The van der Waals surface area contributed by atoms with Crippen molar-refractivity contribution in [3.63, 3.8) is 0 Å². The Bertz CT molecular complexity index is 651. The lowest BCUT2D eigenvalue weighted by atomic mass is 10.0. The first-order chi connectivity index (χ1) is 11.1. The molecule has 4 nitrogen and oxygen atoms in total. The van der Waals surface area contributed by atoms with Crippen LogP contribution in [-0.2, 0) is 4.74 Å². The molecule has 0 heterocycles. The van der Waals surface area contributed by atoms with E-state index >= 15 is 0 Å². The van der Waals surface area contributed by atoms with E-state index in [9.17, 15) is 9.90 Å². The van der Waals surface area contributed by atoms with Gasteiger partial charge in [-0.15, -0.1) is 0 Å². The van der Waals surface area contributed by atoms with Crippen LogP contribution in [0.15, 0.2) is 48.5 Å². The summed E-state index contributed by atoms with van der Waals surface area (Å²) in [7, 11) is 0. The SMILES string of the molecule is CCN(CC)C(C)OC(=O)c1cccc(-c2ccccc2)c1O. The summed E-state index contributed by atoms with van der Waals surface area (Å²) in [5.41, 5.74) is 1.66. The predicted octanol–water partition coefficient (Wildman–Crippen LogP) is 3.90. The Morgan fingerprint density at radius 2 is 1.74 bits per heavy atom. The van der Waals surface area contributed by atoms with Crippen molar-refractivity contribution in [2.45, 2.75) is 27.0 Å². The number of hydrogen-bond acceptors (Lipinski definition) is 4. The van der Waals surface area contributed by atoms with Crippen LogP contribution in [-0.4, -0.2) is 35.3 Å². The van der Waals surface area contributed by atoms with Gasteiger partial charge in [0.05, 0.1) is 0 Å². The van der Waals surface area contributed by atoms with Crippen LogP contribution < -0.4 is 0 Å². The topological polar surface area (TPSA) is 49.8 Å². The number of carbonyl (C=O) groups excluding carboxylic acids is 1. The van der Waals surface area contributed by atoms with Gasteiger partial charge in [0, 0.05) is 5.56 Å². The van der Waals surface area contributed by atoms with Crippen molar-refractivity contribution >= 4 is 5.97 Å². The fraction of sp³-hybridized carbons (Fsp3) is 0.316. The zero-order valence-corrected chi connectivity index (χ0v) is 13.8. The molecule has 4 heteroatoms. The Labute approximate surface area is 137 Å². The number of nitrogens with zero attached hydrogens (tertiary/aromatic N) is 1. The number of aromatic hydroxyl groups is 1. The van der Waals surface area contributed by atoms with Crippen molar-refractivity contribution in [3.05, 3.63) is 54.1 Å². The number of rotatable bonds is 6. The van der Waals surface area contributed by atoms with E-state index in [0.717, 1.165) is 18.7 Å². The lowest BCUT2D eigenvalue weighted by molar-refractivity contribution is -0.0198. The molecule has 1 unspecified atom stereocenters. The standard InChI is InChI=1S/C19H23NO3/c1-4-20(5-2)14(3)23-19(22)17-13-9-12-16(18(17)21)15-10-7-6-8-11-15/h6-14,21H,4-5H2,1-3H3. The largest absolute Gasteiger partial charge is 0.506 e. The van der Waals surface area contributed by atoms with Crippen molar-refractivity contribution in [2.24, 2.45) is 0 Å². The van der Waals surface area contributed by atoms with Gasteiger partial charge in [-0.05, 0) is 31.6 Å². The smallest absolute Gasteiger partial charge is 0.343 e. The fourth-order valence-electron chi connectivity index (χ4n) is 2.59. The van der Waals surface area contributed by atoms with E-state index in [1.807, 2.05) is 56.0 Å². The molecular weight excluding hydrogens is 290 g/mol. The van der Waals surface area contributed by atoms with Crippen molar-refractivity contribution in [1.29, 1.82) is 0 Å². The average molecular weight is 313 g/mol. The molecule has 1 atom stereocenters. The number of phenolic OH excluding ortho intramolecular Hbond substituents is 1. The Morgan fingerprint density at radius 1 is 1.09 bits per heavy atom. The minimum Gasteiger partial charge on any atom is -0.506 e. The maximum absolute atomic E-state index is 12.4. The van der Waals surface area contributed by atoms with Gasteiger partial charge in [-0.2, -0.15) is 0 Å². The first-order valence-electron chi connectivity index (χ1n) is 7.90. The zero-order chi connectivity index (χ0) is 16.8. The summed E-state index contributed by atoms with van der Waals surface area (Å²) in [4.78, 5) is 14.4. The summed E-state index contributed by atoms with van der Waals surface area (Å²) in [5.74, 6) is -0.560. The molecule has 0 aliphatic carbocycles. The average Bonchev–Trinajstić information content (AvgIpc) is 2.56. The number of ether oxygens (including phenoxy) is 1. The van der Waals surface area contributed by atoms with Gasteiger partial charge in [0.15, 0.2) is 6.23 Å². The quantitative estimate of drug-likeness (QED) is 0.649. The second-order valence-electron chi connectivity index (χ2n) is 5.29. The molecule has 0 radical (unpaired) electrons. The molecule has 0 aliphatic rings. The highest BCUT2D eigenvalue weighted by Crippen LogP contribution is 2.32. The van der Waals surface area contributed by atoms with Gasteiger partial charge < -0.3 is 9.84 Å². The fourth-order valence-corrected chi connectivity index (χ4v) is 2.59. The third kappa shape index (κ3) is 3.90. The van der Waals surface area contributed by atoms with Crippen LogP contribution in [0.4, 0.5) is 0 Å². The summed E-state index contributed by atoms with van der Waals surface area (Å²) in [5, 5.41) is 10.5. The summed E-state index contributed by atoms with van der Waals surface area (Å²) in [6, 6.07) is 14.6. The molecule has 0 bridgehead atoms. The first kappa shape index (κ1) is 17.0. The van der Waals surface area contributed by atoms with Crippen LogP contribution in [0.3, 0.4) is 0 Å². The van der Waals surface area contributed by atoms with Gasteiger partial charge in [-0.25, -0.2) is 4.79 Å². The van der Waals surface area contributed by atoms with Crippen molar-refractivity contribution in [1.82, 2.24) is 4.90 Å². The van der Waals surface area contributed by atoms with Crippen LogP contribution in [0.1, 0.15) is 31.1 Å². The van der Waals surface area contributed by atoms with E-state index in [-0.39, 0.29) is 17.5 Å². The second-order valence-corrected chi connectivity index (χ2v) is 5.29. The Morgan fingerprint density at radius 3 is 2.35 bits per heavy atom. The highest BCUT2D eigenvalue weighted by atomic mass is 16.6. The predicted molar refractivity (Wildman–Crippen MR) is 91.3 cm³/mol. The molecule has 2 aromatic rings. The van der Waals surface area contributed by atoms with E-state index in [4.69, 9.17) is 4.74 Å². The van der Waals surface area contributed by atoms with Gasteiger partial charge in [0.25, 0.3) is 0 Å².